The maximum absolute atomic E-state index is 16.1. The summed E-state index contributed by atoms with van der Waals surface area (Å²) in [4.78, 5) is 31.5. The van der Waals surface area contributed by atoms with Gasteiger partial charge in [-0.2, -0.15) is 5.10 Å². The molecule has 2 aromatic carbocycles. The summed E-state index contributed by atoms with van der Waals surface area (Å²) in [6, 6.07) is 11.4. The molecule has 5 fully saturated rings. The molecular weight excluding hydrogens is 774 g/mol. The molecule has 2 aromatic heterocycles. The van der Waals surface area contributed by atoms with Crippen molar-refractivity contribution in [3.63, 3.8) is 0 Å². The molecule has 4 saturated heterocycles. The van der Waals surface area contributed by atoms with Crippen LogP contribution in [-0.2, 0) is 11.3 Å². The summed E-state index contributed by atoms with van der Waals surface area (Å²) in [6.45, 7) is 15.0. The van der Waals surface area contributed by atoms with Gasteiger partial charge in [-0.25, -0.2) is 14.4 Å². The van der Waals surface area contributed by atoms with Crippen molar-refractivity contribution in [2.24, 2.45) is 5.92 Å². The van der Waals surface area contributed by atoms with Crippen LogP contribution < -0.4 is 19.9 Å². The number of fused-ring (bicyclic) bond motifs is 2. The summed E-state index contributed by atoms with van der Waals surface area (Å²) in [5, 5.41) is 22.9. The predicted octanol–water partition coefficient (Wildman–Crippen LogP) is 7.14. The van der Waals surface area contributed by atoms with Gasteiger partial charge in [0.15, 0.2) is 5.82 Å². The van der Waals surface area contributed by atoms with Crippen molar-refractivity contribution in [2.75, 3.05) is 55.6 Å². The third-order valence-electron chi connectivity index (χ3n) is 14.8. The van der Waals surface area contributed by atoms with Gasteiger partial charge in [-0.15, -0.1) is 0 Å². The highest BCUT2D eigenvalue weighted by Gasteiger charge is 2.45. The second-order valence-corrected chi connectivity index (χ2v) is 19.8. The summed E-state index contributed by atoms with van der Waals surface area (Å²) >= 11 is 0. The minimum absolute atomic E-state index is 0. The van der Waals surface area contributed by atoms with Crippen LogP contribution in [0.1, 0.15) is 111 Å². The number of amides is 1. The third-order valence-corrected chi connectivity index (χ3v) is 14.8. The van der Waals surface area contributed by atoms with E-state index in [0.717, 1.165) is 118 Å². The number of piperidine rings is 4. The summed E-state index contributed by atoms with van der Waals surface area (Å²) in [7, 11) is 0. The molecule has 3 N–H and O–H groups in total. The number of aromatic amines is 1. The van der Waals surface area contributed by atoms with Gasteiger partial charge in [0.05, 0.1) is 41.7 Å². The average Bonchev–Trinajstić information content (AvgIpc) is 3.66. The van der Waals surface area contributed by atoms with E-state index in [-0.39, 0.29) is 50.5 Å². The first-order valence-electron chi connectivity index (χ1n) is 22.8. The maximum Gasteiger partial charge on any atom is 0.255 e. The zero-order valence-electron chi connectivity index (χ0n) is 36.3. The Bertz CT molecular complexity index is 2270. The number of carbonyl (C=O) groups excluding carboxylic acids is 1. The number of aliphatic hydroxyl groups is 1. The molecule has 13 nitrogen and oxygen atoms in total. The van der Waals surface area contributed by atoms with E-state index in [0.29, 0.717) is 48.8 Å². The Morgan fingerprint density at radius 2 is 1.69 bits per heavy atom. The molecule has 10 rings (SSSR count). The number of hydrogen-bond acceptors (Lipinski definition) is 11. The van der Waals surface area contributed by atoms with Crippen molar-refractivity contribution < 1.29 is 26.6 Å². The summed E-state index contributed by atoms with van der Waals surface area (Å²) in [6.07, 6.45) is 11.7. The molecule has 2 unspecified atom stereocenters. The summed E-state index contributed by atoms with van der Waals surface area (Å²) in [5.41, 5.74) is 2.83. The normalized spacial score (nSPS) is 27.2. The number of aromatic nitrogens is 4. The SMILES string of the molecule is CC1(Oc2ccc3[nH]nc(-c4cc(N5CCC(CN6CC[C@H](OC7CCN(c8ccc9c(c8F)CN(C8CCCNC8(C)O)C9=O)CC7)CC6(C)C)CC5)ncn4)c3c2)CC1.[HH].[HH]. The Hall–Kier alpha value is -4.37. The molecule has 1 saturated carbocycles. The fourth-order valence-corrected chi connectivity index (χ4v) is 10.8. The van der Waals surface area contributed by atoms with E-state index in [1.54, 1.807) is 30.3 Å². The van der Waals surface area contributed by atoms with E-state index in [9.17, 15) is 9.90 Å². The quantitative estimate of drug-likeness (QED) is 0.150. The number of anilines is 2. The predicted molar refractivity (Wildman–Crippen MR) is 237 cm³/mol. The molecule has 61 heavy (non-hydrogen) atoms. The Balaban J connectivity index is 0.00000272. The average molecular weight is 840 g/mol. The van der Waals surface area contributed by atoms with Crippen LogP contribution in [0.2, 0.25) is 0 Å². The van der Waals surface area contributed by atoms with Gasteiger partial charge >= 0.3 is 0 Å². The molecule has 4 aromatic rings. The van der Waals surface area contributed by atoms with E-state index in [1.807, 2.05) is 12.1 Å². The first-order chi connectivity index (χ1) is 29.3. The fourth-order valence-electron chi connectivity index (χ4n) is 10.8. The second kappa shape index (κ2) is 15.8. The molecule has 1 amide bonds. The van der Waals surface area contributed by atoms with Gasteiger partial charge in [-0.3, -0.25) is 20.1 Å². The van der Waals surface area contributed by atoms with Crippen molar-refractivity contribution in [1.82, 2.24) is 35.3 Å². The van der Waals surface area contributed by atoms with Crippen LogP contribution in [0.4, 0.5) is 15.9 Å². The van der Waals surface area contributed by atoms with Gasteiger partial charge in [0, 0.05) is 70.2 Å². The molecule has 330 valence electrons. The molecule has 0 radical (unpaired) electrons. The van der Waals surface area contributed by atoms with Crippen molar-refractivity contribution in [3.05, 3.63) is 59.7 Å². The lowest BCUT2D eigenvalue weighted by molar-refractivity contribution is -0.0860. The molecular formula is C47H66FN9O4. The van der Waals surface area contributed by atoms with E-state index in [2.05, 4.69) is 68.1 Å². The number of carbonyl (C=O) groups is 1. The van der Waals surface area contributed by atoms with Crippen LogP contribution >= 0.6 is 0 Å². The number of rotatable bonds is 10. The van der Waals surface area contributed by atoms with Gasteiger partial charge in [0.2, 0.25) is 0 Å². The summed E-state index contributed by atoms with van der Waals surface area (Å²) < 4.78 is 29.2. The lowest BCUT2D eigenvalue weighted by Gasteiger charge is -2.48. The van der Waals surface area contributed by atoms with Crippen LogP contribution in [0.5, 0.6) is 5.75 Å². The van der Waals surface area contributed by atoms with Gasteiger partial charge in [0.1, 0.15) is 34.9 Å². The van der Waals surface area contributed by atoms with Crippen molar-refractivity contribution in [2.45, 2.75) is 134 Å². The lowest BCUT2D eigenvalue weighted by Crippen LogP contribution is -2.62. The molecule has 5 aliphatic heterocycles. The summed E-state index contributed by atoms with van der Waals surface area (Å²) in [5.74, 6) is 1.94. The van der Waals surface area contributed by atoms with Crippen LogP contribution in [0.15, 0.2) is 42.7 Å². The van der Waals surface area contributed by atoms with Crippen LogP contribution in [0, 0.1) is 11.7 Å². The highest BCUT2D eigenvalue weighted by Crippen LogP contribution is 2.42. The number of hydrogen-bond donors (Lipinski definition) is 3. The number of halogens is 1. The van der Waals surface area contributed by atoms with Crippen molar-refractivity contribution in [3.8, 4) is 17.1 Å². The number of benzene rings is 2. The number of likely N-dealkylation sites (tertiary alicyclic amines) is 1. The Morgan fingerprint density at radius 1 is 0.918 bits per heavy atom. The minimum atomic E-state index is -1.19. The zero-order valence-corrected chi connectivity index (χ0v) is 36.3. The van der Waals surface area contributed by atoms with Gasteiger partial charge in [-0.05, 0) is 135 Å². The largest absolute Gasteiger partial charge is 0.488 e. The topological polar surface area (TPSA) is 135 Å². The maximum atomic E-state index is 16.1. The Morgan fingerprint density at radius 3 is 2.44 bits per heavy atom. The lowest BCUT2D eigenvalue weighted by atomic mass is 9.85. The fraction of sp³-hybridized carbons (Fsp3) is 0.617. The number of ether oxygens (including phenoxy) is 2. The second-order valence-electron chi connectivity index (χ2n) is 19.8. The number of nitrogens with one attached hydrogen (secondary N) is 2. The van der Waals surface area contributed by atoms with E-state index in [1.165, 1.54) is 0 Å². The van der Waals surface area contributed by atoms with E-state index in [4.69, 9.17) is 14.5 Å². The van der Waals surface area contributed by atoms with Crippen LogP contribution in [0.3, 0.4) is 0 Å². The number of nitrogens with zero attached hydrogens (tertiary/aromatic N) is 7. The minimum Gasteiger partial charge on any atom is -0.488 e. The van der Waals surface area contributed by atoms with E-state index < -0.39 is 5.72 Å². The molecule has 1 aliphatic carbocycles. The van der Waals surface area contributed by atoms with Gasteiger partial charge < -0.3 is 29.3 Å². The monoisotopic (exact) mass is 840 g/mol. The number of H-pyrrole nitrogens is 1. The molecule has 14 heteroatoms. The van der Waals surface area contributed by atoms with E-state index >= 15 is 4.39 Å². The molecule has 0 spiro atoms. The standard InChI is InChI=1S/C47H62FN9O4.2H2/c1-45(2)26-33(60-31-13-21-54(22-14-31)39-10-8-34-36(42(39)48)28-57(44(34)58)40-6-5-18-51-47(40,4)59)15-23-56(45)27-30-11-19-55(20-12-30)41-25-38(49-29-50-41)43-35-24-32(61-46(3)16-17-46)7-9-37(35)52-53-43;;/h7-10,24-25,29-31,33,40,51,59H,5-6,11-23,26-28H2,1-4H3,(H,52,53);2*1H/t33-,40?,47?;;/m0../s1. The molecule has 6 aliphatic rings. The molecule has 0 bridgehead atoms. The highest BCUT2D eigenvalue weighted by molar-refractivity contribution is 5.99. The molecule has 7 heterocycles. The Labute approximate surface area is 361 Å². The van der Waals surface area contributed by atoms with Gasteiger partial charge in [0.25, 0.3) is 5.91 Å². The van der Waals surface area contributed by atoms with Crippen LogP contribution in [-0.4, -0.2) is 122 Å². The smallest absolute Gasteiger partial charge is 0.255 e. The van der Waals surface area contributed by atoms with Crippen molar-refractivity contribution in [1.29, 1.82) is 0 Å². The third kappa shape index (κ3) is 8.09. The van der Waals surface area contributed by atoms with Gasteiger partial charge in [-0.1, -0.05) is 0 Å². The van der Waals surface area contributed by atoms with Crippen LogP contribution in [0.25, 0.3) is 22.3 Å². The Kier molecular flexibility index (Phi) is 10.5. The zero-order chi connectivity index (χ0) is 42.1. The highest BCUT2D eigenvalue weighted by atomic mass is 19.1. The molecule has 3 atom stereocenters. The first-order valence-corrected chi connectivity index (χ1v) is 22.8. The first kappa shape index (κ1) is 40.7. The van der Waals surface area contributed by atoms with Crippen molar-refractivity contribution >= 4 is 28.3 Å².